The van der Waals surface area contributed by atoms with Crippen LogP contribution in [-0.2, 0) is 4.74 Å². The third-order valence-corrected chi connectivity index (χ3v) is 4.77. The fraction of sp³-hybridized carbons (Fsp3) is 0.688. The molecule has 4 nitrogen and oxygen atoms in total. The molecule has 1 saturated carbocycles. The van der Waals surface area contributed by atoms with E-state index in [9.17, 15) is 4.79 Å². The van der Waals surface area contributed by atoms with Crippen molar-refractivity contribution in [1.82, 2.24) is 4.90 Å². The molecule has 1 amide bonds. The van der Waals surface area contributed by atoms with E-state index < -0.39 is 0 Å². The zero-order valence-corrected chi connectivity index (χ0v) is 12.6. The number of nitrogens with zero attached hydrogens (tertiary/aromatic N) is 1. The molecule has 2 fully saturated rings. The summed E-state index contributed by atoms with van der Waals surface area (Å²) in [5.41, 5.74) is 1.74. The molecule has 1 aromatic heterocycles. The van der Waals surface area contributed by atoms with Gasteiger partial charge in [0.25, 0.3) is 5.91 Å². The molecule has 4 heteroatoms. The van der Waals surface area contributed by atoms with Crippen LogP contribution in [0.1, 0.15) is 53.1 Å². The highest BCUT2D eigenvalue weighted by molar-refractivity contribution is 5.97. The van der Waals surface area contributed by atoms with Gasteiger partial charge in [0.05, 0.1) is 24.3 Å². The molecule has 1 aliphatic heterocycles. The average molecular weight is 277 g/mol. The number of ether oxygens (including phenoxy) is 1. The van der Waals surface area contributed by atoms with Gasteiger partial charge < -0.3 is 14.1 Å². The first-order chi connectivity index (χ1) is 9.59. The molecule has 1 saturated heterocycles. The molecule has 0 spiro atoms. The van der Waals surface area contributed by atoms with Crippen molar-refractivity contribution in [3.05, 3.63) is 22.6 Å². The Kier molecular flexibility index (Phi) is 3.59. The van der Waals surface area contributed by atoms with Crippen molar-refractivity contribution in [2.24, 2.45) is 0 Å². The number of carbonyl (C=O) groups is 1. The average Bonchev–Trinajstić information content (AvgIpc) is 2.71. The molecule has 0 unspecified atom stereocenters. The largest absolute Gasteiger partial charge is 0.466 e. The van der Waals surface area contributed by atoms with E-state index in [4.69, 9.17) is 9.15 Å². The van der Waals surface area contributed by atoms with Crippen LogP contribution in [0.2, 0.25) is 0 Å². The maximum absolute atomic E-state index is 12.9. The van der Waals surface area contributed by atoms with E-state index in [0.717, 1.165) is 35.5 Å². The molecule has 0 aromatic carbocycles. The first kappa shape index (κ1) is 13.7. The summed E-state index contributed by atoms with van der Waals surface area (Å²) in [5, 5.41) is 0. The summed E-state index contributed by atoms with van der Waals surface area (Å²) in [4.78, 5) is 14.9. The summed E-state index contributed by atoms with van der Waals surface area (Å²) in [6.07, 6.45) is 4.78. The van der Waals surface area contributed by atoms with Crippen LogP contribution in [0.5, 0.6) is 0 Å². The normalized spacial score (nSPS) is 26.4. The molecular weight excluding hydrogens is 254 g/mol. The van der Waals surface area contributed by atoms with Gasteiger partial charge in [-0.15, -0.1) is 0 Å². The minimum atomic E-state index is 0.122. The van der Waals surface area contributed by atoms with E-state index in [0.29, 0.717) is 13.2 Å². The van der Waals surface area contributed by atoms with Gasteiger partial charge in [0.1, 0.15) is 11.5 Å². The van der Waals surface area contributed by atoms with Crippen LogP contribution in [0.25, 0.3) is 0 Å². The van der Waals surface area contributed by atoms with Crippen molar-refractivity contribution in [3.8, 4) is 0 Å². The quantitative estimate of drug-likeness (QED) is 0.792. The predicted octanol–water partition coefficient (Wildman–Crippen LogP) is 2.99. The van der Waals surface area contributed by atoms with Crippen molar-refractivity contribution in [3.63, 3.8) is 0 Å². The maximum atomic E-state index is 12.9. The monoisotopic (exact) mass is 277 g/mol. The van der Waals surface area contributed by atoms with E-state index in [-0.39, 0.29) is 18.1 Å². The lowest BCUT2D eigenvalue weighted by atomic mass is 9.89. The highest BCUT2D eigenvalue weighted by Gasteiger charge is 2.38. The number of hydrogen-bond acceptors (Lipinski definition) is 3. The topological polar surface area (TPSA) is 42.7 Å². The van der Waals surface area contributed by atoms with Gasteiger partial charge >= 0.3 is 0 Å². The molecule has 3 rings (SSSR count). The number of morpholine rings is 1. The van der Waals surface area contributed by atoms with Crippen LogP contribution >= 0.6 is 0 Å². The highest BCUT2D eigenvalue weighted by Crippen LogP contribution is 2.31. The summed E-state index contributed by atoms with van der Waals surface area (Å²) in [5.74, 6) is 1.71. The number of hydrogen-bond donors (Lipinski definition) is 0. The number of aryl methyl sites for hydroxylation is 2. The van der Waals surface area contributed by atoms with E-state index in [1.165, 1.54) is 12.8 Å². The SMILES string of the molecule is Cc1oc(C)c(C(=O)N2CCO[C@H]3CCCC[C@H]32)c1C. The summed E-state index contributed by atoms with van der Waals surface area (Å²) >= 11 is 0. The van der Waals surface area contributed by atoms with Crippen LogP contribution in [0.3, 0.4) is 0 Å². The second-order valence-electron chi connectivity index (χ2n) is 5.97. The van der Waals surface area contributed by atoms with Gasteiger partial charge in [0.2, 0.25) is 0 Å². The summed E-state index contributed by atoms with van der Waals surface area (Å²) in [7, 11) is 0. The minimum absolute atomic E-state index is 0.122. The van der Waals surface area contributed by atoms with Gasteiger partial charge in [-0.3, -0.25) is 4.79 Å². The summed E-state index contributed by atoms with van der Waals surface area (Å²) in [6, 6.07) is 0.249. The number of amides is 1. The first-order valence-electron chi connectivity index (χ1n) is 7.58. The molecule has 0 radical (unpaired) electrons. The van der Waals surface area contributed by atoms with Crippen molar-refractivity contribution >= 4 is 5.91 Å². The summed E-state index contributed by atoms with van der Waals surface area (Å²) < 4.78 is 11.5. The zero-order chi connectivity index (χ0) is 14.3. The van der Waals surface area contributed by atoms with Gasteiger partial charge in [-0.25, -0.2) is 0 Å². The Balaban J connectivity index is 1.89. The van der Waals surface area contributed by atoms with E-state index in [1.807, 2.05) is 25.7 Å². The van der Waals surface area contributed by atoms with Crippen LogP contribution in [0.15, 0.2) is 4.42 Å². The van der Waals surface area contributed by atoms with Crippen LogP contribution in [0.4, 0.5) is 0 Å². The van der Waals surface area contributed by atoms with Gasteiger partial charge in [-0.1, -0.05) is 12.8 Å². The van der Waals surface area contributed by atoms with Gasteiger partial charge in [-0.2, -0.15) is 0 Å². The molecule has 1 aromatic rings. The third kappa shape index (κ3) is 2.16. The second-order valence-corrected chi connectivity index (χ2v) is 5.97. The number of fused-ring (bicyclic) bond motifs is 1. The van der Waals surface area contributed by atoms with Crippen molar-refractivity contribution in [2.75, 3.05) is 13.2 Å². The van der Waals surface area contributed by atoms with E-state index in [2.05, 4.69) is 0 Å². The van der Waals surface area contributed by atoms with Crippen molar-refractivity contribution < 1.29 is 13.9 Å². The molecule has 110 valence electrons. The fourth-order valence-electron chi connectivity index (χ4n) is 3.60. The smallest absolute Gasteiger partial charge is 0.258 e. The molecule has 2 atom stereocenters. The lowest BCUT2D eigenvalue weighted by Crippen LogP contribution is -2.55. The fourth-order valence-corrected chi connectivity index (χ4v) is 3.60. The minimum Gasteiger partial charge on any atom is -0.466 e. The standard InChI is InChI=1S/C16H23NO3/c1-10-11(2)20-12(3)15(10)16(18)17-8-9-19-14-7-5-4-6-13(14)17/h13-14H,4-9H2,1-3H3/t13-,14+/m1/s1. The summed E-state index contributed by atoms with van der Waals surface area (Å²) in [6.45, 7) is 7.12. The van der Waals surface area contributed by atoms with Gasteiger partial charge in [0, 0.05) is 12.1 Å². The third-order valence-electron chi connectivity index (χ3n) is 4.77. The lowest BCUT2D eigenvalue weighted by Gasteiger charge is -2.43. The second kappa shape index (κ2) is 5.24. The molecule has 20 heavy (non-hydrogen) atoms. The molecule has 2 heterocycles. The first-order valence-corrected chi connectivity index (χ1v) is 7.58. The van der Waals surface area contributed by atoms with Crippen LogP contribution in [-0.4, -0.2) is 36.1 Å². The van der Waals surface area contributed by atoms with Gasteiger partial charge in [-0.05, 0) is 33.6 Å². The number of rotatable bonds is 1. The predicted molar refractivity (Wildman–Crippen MR) is 76.0 cm³/mol. The Morgan fingerprint density at radius 3 is 2.60 bits per heavy atom. The lowest BCUT2D eigenvalue weighted by molar-refractivity contribution is -0.0753. The Bertz CT molecular complexity index is 518. The highest BCUT2D eigenvalue weighted by atomic mass is 16.5. The molecular formula is C16H23NO3. The zero-order valence-electron chi connectivity index (χ0n) is 12.6. The Hall–Kier alpha value is -1.29. The molecule has 2 aliphatic rings. The Morgan fingerprint density at radius 2 is 1.90 bits per heavy atom. The maximum Gasteiger partial charge on any atom is 0.258 e. The Morgan fingerprint density at radius 1 is 1.15 bits per heavy atom. The van der Waals surface area contributed by atoms with E-state index in [1.54, 1.807) is 0 Å². The van der Waals surface area contributed by atoms with Gasteiger partial charge in [0.15, 0.2) is 0 Å². The van der Waals surface area contributed by atoms with Crippen molar-refractivity contribution in [1.29, 1.82) is 0 Å². The van der Waals surface area contributed by atoms with E-state index >= 15 is 0 Å². The number of carbonyl (C=O) groups excluding carboxylic acids is 1. The van der Waals surface area contributed by atoms with Crippen LogP contribution in [0, 0.1) is 20.8 Å². The molecule has 1 aliphatic carbocycles. The van der Waals surface area contributed by atoms with Crippen LogP contribution < -0.4 is 0 Å². The van der Waals surface area contributed by atoms with Crippen molar-refractivity contribution in [2.45, 2.75) is 58.6 Å². The number of furan rings is 1. The molecule has 0 N–H and O–H groups in total. The molecule has 0 bridgehead atoms. The Labute approximate surface area is 120 Å².